The van der Waals surface area contributed by atoms with E-state index in [0.717, 1.165) is 30.2 Å². The van der Waals surface area contributed by atoms with Crippen LogP contribution in [0.5, 0.6) is 0 Å². The first-order chi connectivity index (χ1) is 10.3. The van der Waals surface area contributed by atoms with E-state index in [1.165, 1.54) is 17.4 Å². The second-order valence-corrected chi connectivity index (χ2v) is 6.20. The Kier molecular flexibility index (Phi) is 4.28. The smallest absolute Gasteiger partial charge is 0.274 e. The maximum Gasteiger partial charge on any atom is 0.274 e. The molecule has 1 N–H and O–H groups in total. The van der Waals surface area contributed by atoms with E-state index in [1.807, 2.05) is 17.5 Å². The highest BCUT2D eigenvalue weighted by molar-refractivity contribution is 7.13. The molecule has 22 heavy (non-hydrogen) atoms. The Bertz CT molecular complexity index is 819. The number of aromatic nitrogens is 4. The van der Waals surface area contributed by atoms with Gasteiger partial charge in [-0.15, -0.1) is 23.7 Å². The molecule has 4 rings (SSSR count). The van der Waals surface area contributed by atoms with Gasteiger partial charge in [-0.25, -0.2) is 4.98 Å². The molecule has 0 unspecified atom stereocenters. The summed E-state index contributed by atoms with van der Waals surface area (Å²) in [6.07, 6.45) is 2.46. The molecule has 8 heteroatoms. The molecule has 4 heterocycles. The molecular weight excluding hydrogens is 322 g/mol. The maximum atomic E-state index is 12.2. The van der Waals surface area contributed by atoms with Gasteiger partial charge in [-0.05, 0) is 37.4 Å². The molecule has 1 fully saturated rings. The Hall–Kier alpha value is -1.70. The van der Waals surface area contributed by atoms with Crippen molar-refractivity contribution in [3.63, 3.8) is 0 Å². The molecule has 6 nitrogen and oxygen atoms in total. The number of hydrogen-bond acceptors (Lipinski definition) is 5. The molecule has 1 aliphatic rings. The molecule has 0 aromatic carbocycles. The van der Waals surface area contributed by atoms with Crippen molar-refractivity contribution in [1.82, 2.24) is 24.5 Å². The zero-order valence-corrected chi connectivity index (χ0v) is 13.5. The van der Waals surface area contributed by atoms with E-state index < -0.39 is 0 Å². The lowest BCUT2D eigenvalue weighted by Crippen LogP contribution is -2.22. The molecule has 1 aliphatic heterocycles. The summed E-state index contributed by atoms with van der Waals surface area (Å²) < 4.78 is 1.41. The molecule has 0 saturated carbocycles. The number of thiophene rings is 1. The molecule has 3 aromatic rings. The largest absolute Gasteiger partial charge is 0.298 e. The molecule has 0 bridgehead atoms. The third-order valence-corrected chi connectivity index (χ3v) is 4.60. The topological polar surface area (TPSA) is 66.3 Å². The van der Waals surface area contributed by atoms with E-state index in [-0.39, 0.29) is 18.0 Å². The first kappa shape index (κ1) is 15.2. The minimum Gasteiger partial charge on any atom is -0.298 e. The number of halogens is 1. The Morgan fingerprint density at radius 2 is 2.09 bits per heavy atom. The number of nitrogens with one attached hydrogen (secondary N) is 1. The van der Waals surface area contributed by atoms with Gasteiger partial charge in [-0.1, -0.05) is 6.07 Å². The monoisotopic (exact) mass is 337 g/mol. The zero-order chi connectivity index (χ0) is 14.2. The summed E-state index contributed by atoms with van der Waals surface area (Å²) in [6.45, 7) is 2.90. The molecular formula is C14H16ClN5OS. The molecule has 0 radical (unpaired) electrons. The summed E-state index contributed by atoms with van der Waals surface area (Å²) in [5.41, 5.74) is 0.690. The molecule has 0 spiro atoms. The van der Waals surface area contributed by atoms with Crippen LogP contribution in [0.1, 0.15) is 18.5 Å². The number of H-pyrrole nitrogens is 1. The first-order valence-electron chi connectivity index (χ1n) is 7.04. The van der Waals surface area contributed by atoms with Gasteiger partial charge < -0.3 is 0 Å². The quantitative estimate of drug-likeness (QED) is 0.795. The lowest BCUT2D eigenvalue weighted by Gasteiger charge is -2.12. The average Bonchev–Trinajstić information content (AvgIpc) is 3.19. The van der Waals surface area contributed by atoms with Crippen LogP contribution in [-0.4, -0.2) is 37.6 Å². The average molecular weight is 338 g/mol. The van der Waals surface area contributed by atoms with E-state index in [1.54, 1.807) is 17.4 Å². The van der Waals surface area contributed by atoms with Crippen LogP contribution >= 0.6 is 23.7 Å². The van der Waals surface area contributed by atoms with E-state index in [2.05, 4.69) is 20.0 Å². The Labute approximate surface area is 137 Å². The highest BCUT2D eigenvalue weighted by Gasteiger charge is 2.15. The van der Waals surface area contributed by atoms with E-state index in [4.69, 9.17) is 0 Å². The summed E-state index contributed by atoms with van der Waals surface area (Å²) >= 11 is 1.58. The van der Waals surface area contributed by atoms with Crippen molar-refractivity contribution < 1.29 is 0 Å². The Morgan fingerprint density at radius 1 is 1.27 bits per heavy atom. The predicted octanol–water partition coefficient (Wildman–Crippen LogP) is 2.16. The van der Waals surface area contributed by atoms with Crippen molar-refractivity contribution in [3.05, 3.63) is 39.6 Å². The fourth-order valence-corrected chi connectivity index (χ4v) is 3.37. The van der Waals surface area contributed by atoms with Gasteiger partial charge in [0.15, 0.2) is 5.82 Å². The second-order valence-electron chi connectivity index (χ2n) is 5.25. The summed E-state index contributed by atoms with van der Waals surface area (Å²) in [5, 5.41) is 5.00. The summed E-state index contributed by atoms with van der Waals surface area (Å²) in [4.78, 5) is 24.5. The van der Waals surface area contributed by atoms with Gasteiger partial charge in [0.05, 0.1) is 10.6 Å². The van der Waals surface area contributed by atoms with Crippen molar-refractivity contribution in [2.45, 2.75) is 19.4 Å². The standard InChI is InChI=1S/C14H15N5OS.ClH/c20-12-8-10(9-18-5-1-2-6-18)15-14-16-13(17-19(12)14)11-4-3-7-21-11;/h3-4,7-8H,1-2,5-6,9H2,(H,15,16,17);1H. The van der Waals surface area contributed by atoms with Gasteiger partial charge in [-0.3, -0.25) is 14.8 Å². The predicted molar refractivity (Wildman–Crippen MR) is 88.7 cm³/mol. The fourth-order valence-electron chi connectivity index (χ4n) is 2.70. The summed E-state index contributed by atoms with van der Waals surface area (Å²) in [7, 11) is 0. The van der Waals surface area contributed by atoms with Crippen molar-refractivity contribution in [3.8, 4) is 10.7 Å². The minimum absolute atomic E-state index is 0. The van der Waals surface area contributed by atoms with E-state index in [9.17, 15) is 4.79 Å². The van der Waals surface area contributed by atoms with Crippen LogP contribution in [0.25, 0.3) is 16.5 Å². The van der Waals surface area contributed by atoms with Crippen molar-refractivity contribution in [1.29, 1.82) is 0 Å². The highest BCUT2D eigenvalue weighted by atomic mass is 35.5. The third kappa shape index (κ3) is 2.79. The Morgan fingerprint density at radius 3 is 2.82 bits per heavy atom. The molecule has 116 valence electrons. The fraction of sp³-hybridized carbons (Fsp3) is 0.357. The van der Waals surface area contributed by atoms with E-state index >= 15 is 0 Å². The van der Waals surface area contributed by atoms with Crippen LogP contribution in [-0.2, 0) is 6.54 Å². The normalized spacial score (nSPS) is 15.3. The van der Waals surface area contributed by atoms with Gasteiger partial charge >= 0.3 is 0 Å². The van der Waals surface area contributed by atoms with Gasteiger partial charge in [0.1, 0.15) is 0 Å². The third-order valence-electron chi connectivity index (χ3n) is 3.72. The Balaban J connectivity index is 0.00000144. The van der Waals surface area contributed by atoms with Crippen LogP contribution in [0.4, 0.5) is 0 Å². The van der Waals surface area contributed by atoms with E-state index in [0.29, 0.717) is 11.6 Å². The SMILES string of the molecule is Cl.O=c1cc(CN2CCCC2)nc2nc(-c3cccs3)[nH]n12. The number of rotatable bonds is 3. The van der Waals surface area contributed by atoms with Crippen molar-refractivity contribution in [2.75, 3.05) is 13.1 Å². The number of aromatic amines is 1. The van der Waals surface area contributed by atoms with Crippen LogP contribution in [0, 0.1) is 0 Å². The van der Waals surface area contributed by atoms with Crippen molar-refractivity contribution in [2.24, 2.45) is 0 Å². The lowest BCUT2D eigenvalue weighted by atomic mass is 10.4. The van der Waals surface area contributed by atoms with Gasteiger partial charge in [0, 0.05) is 12.6 Å². The molecule has 0 aliphatic carbocycles. The zero-order valence-electron chi connectivity index (χ0n) is 11.9. The highest BCUT2D eigenvalue weighted by Crippen LogP contribution is 2.20. The minimum atomic E-state index is -0.107. The maximum absolute atomic E-state index is 12.2. The molecule has 3 aromatic heterocycles. The van der Waals surface area contributed by atoms with Crippen LogP contribution < -0.4 is 5.56 Å². The summed E-state index contributed by atoms with van der Waals surface area (Å²) in [5.74, 6) is 1.13. The molecule has 1 saturated heterocycles. The molecule has 0 atom stereocenters. The van der Waals surface area contributed by atoms with Gasteiger partial charge in [-0.2, -0.15) is 9.50 Å². The number of nitrogens with zero attached hydrogens (tertiary/aromatic N) is 4. The number of fused-ring (bicyclic) bond motifs is 1. The lowest BCUT2D eigenvalue weighted by molar-refractivity contribution is 0.327. The van der Waals surface area contributed by atoms with Gasteiger partial charge in [0.2, 0.25) is 0 Å². The summed E-state index contributed by atoms with van der Waals surface area (Å²) in [6, 6.07) is 5.53. The number of likely N-dealkylation sites (tertiary alicyclic amines) is 1. The van der Waals surface area contributed by atoms with Crippen LogP contribution in [0.2, 0.25) is 0 Å². The first-order valence-corrected chi connectivity index (χ1v) is 7.92. The number of hydrogen-bond donors (Lipinski definition) is 1. The van der Waals surface area contributed by atoms with Crippen LogP contribution in [0.3, 0.4) is 0 Å². The molecule has 0 amide bonds. The van der Waals surface area contributed by atoms with Gasteiger partial charge in [0.25, 0.3) is 11.3 Å². The van der Waals surface area contributed by atoms with Crippen LogP contribution in [0.15, 0.2) is 28.4 Å². The van der Waals surface area contributed by atoms with Crippen molar-refractivity contribution >= 4 is 29.5 Å². The second kappa shape index (κ2) is 6.20.